The van der Waals surface area contributed by atoms with Crippen LogP contribution in [-0.4, -0.2) is 30.1 Å². The highest BCUT2D eigenvalue weighted by molar-refractivity contribution is 6.31. The first-order chi connectivity index (χ1) is 12.1. The van der Waals surface area contributed by atoms with E-state index >= 15 is 0 Å². The molecule has 2 amide bonds. The summed E-state index contributed by atoms with van der Waals surface area (Å²) in [5.41, 5.74) is -0.318. The average molecular weight is 388 g/mol. The molecule has 0 atom stereocenters. The molecule has 0 aliphatic heterocycles. The molecule has 0 saturated carbocycles. The Bertz CT molecular complexity index is 811. The van der Waals surface area contributed by atoms with Gasteiger partial charge in [-0.15, -0.1) is 0 Å². The summed E-state index contributed by atoms with van der Waals surface area (Å²) in [6, 6.07) is 4.24. The molecule has 10 heteroatoms. The molecule has 2 aromatic rings. The van der Waals surface area contributed by atoms with Crippen LogP contribution in [0.25, 0.3) is 0 Å². The number of rotatable bonds is 4. The molecular formula is C16H17ClF3N5O. The fourth-order valence-corrected chi connectivity index (χ4v) is 2.30. The smallest absolute Gasteiger partial charge is 0.363 e. The highest BCUT2D eigenvalue weighted by Gasteiger charge is 2.33. The number of aryl methyl sites for hydroxylation is 1. The standard InChI is InChI=1S/C16H17ClF3N5O/c1-9-6-14(25(2)3)24-13(22-9)8-21-15(26)23-10-4-5-12(17)11(7-10)16(18,19)20/h4-7H,8H2,1-3H3,(H2,21,23,26). The van der Waals surface area contributed by atoms with E-state index in [1.165, 1.54) is 6.07 Å². The van der Waals surface area contributed by atoms with Gasteiger partial charge in [0.2, 0.25) is 0 Å². The lowest BCUT2D eigenvalue weighted by molar-refractivity contribution is -0.137. The van der Waals surface area contributed by atoms with Crippen LogP contribution < -0.4 is 15.5 Å². The summed E-state index contributed by atoms with van der Waals surface area (Å²) in [6.45, 7) is 1.82. The van der Waals surface area contributed by atoms with Crippen molar-refractivity contribution in [1.29, 1.82) is 0 Å². The van der Waals surface area contributed by atoms with E-state index in [1.807, 2.05) is 14.1 Å². The second-order valence-electron chi connectivity index (χ2n) is 5.68. The summed E-state index contributed by atoms with van der Waals surface area (Å²) in [7, 11) is 3.65. The lowest BCUT2D eigenvalue weighted by Crippen LogP contribution is -2.29. The van der Waals surface area contributed by atoms with Crippen LogP contribution in [0.15, 0.2) is 24.3 Å². The van der Waals surface area contributed by atoms with Crippen molar-refractivity contribution in [1.82, 2.24) is 15.3 Å². The van der Waals surface area contributed by atoms with Gasteiger partial charge < -0.3 is 15.5 Å². The second-order valence-corrected chi connectivity index (χ2v) is 6.09. The van der Waals surface area contributed by atoms with E-state index in [2.05, 4.69) is 20.6 Å². The SMILES string of the molecule is Cc1cc(N(C)C)nc(CNC(=O)Nc2ccc(Cl)c(C(F)(F)F)c2)n1. The van der Waals surface area contributed by atoms with Crippen LogP contribution in [0.4, 0.5) is 29.5 Å². The number of hydrogen-bond donors (Lipinski definition) is 2. The Labute approximate surface area is 153 Å². The Morgan fingerprint density at radius 1 is 1.23 bits per heavy atom. The van der Waals surface area contributed by atoms with Crippen LogP contribution in [0.3, 0.4) is 0 Å². The van der Waals surface area contributed by atoms with Gasteiger partial charge in [-0.25, -0.2) is 14.8 Å². The zero-order valence-corrected chi connectivity index (χ0v) is 15.0. The molecule has 140 valence electrons. The highest BCUT2D eigenvalue weighted by atomic mass is 35.5. The minimum atomic E-state index is -4.61. The number of nitrogens with zero attached hydrogens (tertiary/aromatic N) is 3. The number of alkyl halides is 3. The molecule has 0 spiro atoms. The highest BCUT2D eigenvalue weighted by Crippen LogP contribution is 2.36. The molecule has 0 saturated heterocycles. The van der Waals surface area contributed by atoms with Crippen LogP contribution in [-0.2, 0) is 12.7 Å². The van der Waals surface area contributed by atoms with Gasteiger partial charge in [0, 0.05) is 31.5 Å². The van der Waals surface area contributed by atoms with Crippen molar-refractivity contribution in [2.45, 2.75) is 19.6 Å². The minimum absolute atomic E-state index is 0.0219. The van der Waals surface area contributed by atoms with Crippen molar-refractivity contribution in [3.05, 3.63) is 46.4 Å². The van der Waals surface area contributed by atoms with Crippen molar-refractivity contribution in [3.8, 4) is 0 Å². The molecule has 1 aromatic carbocycles. The largest absolute Gasteiger partial charge is 0.417 e. The van der Waals surface area contributed by atoms with Crippen molar-refractivity contribution < 1.29 is 18.0 Å². The molecule has 6 nitrogen and oxygen atoms in total. The number of urea groups is 1. The summed E-state index contributed by atoms with van der Waals surface area (Å²) < 4.78 is 38.5. The zero-order valence-electron chi connectivity index (χ0n) is 14.3. The fraction of sp³-hybridized carbons (Fsp3) is 0.312. The molecule has 26 heavy (non-hydrogen) atoms. The van der Waals surface area contributed by atoms with Crippen molar-refractivity contribution in [3.63, 3.8) is 0 Å². The van der Waals surface area contributed by atoms with E-state index < -0.39 is 22.8 Å². The maximum Gasteiger partial charge on any atom is 0.417 e. The maximum atomic E-state index is 12.8. The van der Waals surface area contributed by atoms with Gasteiger partial charge in [-0.2, -0.15) is 13.2 Å². The van der Waals surface area contributed by atoms with Gasteiger partial charge in [0.05, 0.1) is 17.1 Å². The van der Waals surface area contributed by atoms with E-state index in [0.29, 0.717) is 11.6 Å². The number of carbonyl (C=O) groups is 1. The number of anilines is 2. The topological polar surface area (TPSA) is 70.2 Å². The Morgan fingerprint density at radius 2 is 1.92 bits per heavy atom. The first-order valence-electron chi connectivity index (χ1n) is 7.50. The maximum absolute atomic E-state index is 12.8. The number of carbonyl (C=O) groups excluding carboxylic acids is 1. The molecule has 0 unspecified atom stereocenters. The van der Waals surface area contributed by atoms with E-state index in [-0.39, 0.29) is 12.2 Å². The first-order valence-corrected chi connectivity index (χ1v) is 7.87. The van der Waals surface area contributed by atoms with Crippen LogP contribution in [0, 0.1) is 6.92 Å². The molecule has 0 aliphatic carbocycles. The first kappa shape index (κ1) is 19.8. The molecule has 0 fully saturated rings. The van der Waals surface area contributed by atoms with Crippen molar-refractivity contribution in [2.75, 3.05) is 24.3 Å². The lowest BCUT2D eigenvalue weighted by Gasteiger charge is -2.14. The van der Waals surface area contributed by atoms with Crippen LogP contribution in [0.2, 0.25) is 5.02 Å². The Morgan fingerprint density at radius 3 is 2.54 bits per heavy atom. The van der Waals surface area contributed by atoms with Gasteiger partial charge in [-0.1, -0.05) is 11.6 Å². The summed E-state index contributed by atoms with van der Waals surface area (Å²) in [4.78, 5) is 22.2. The quantitative estimate of drug-likeness (QED) is 0.836. The average Bonchev–Trinajstić information content (AvgIpc) is 2.53. The summed E-state index contributed by atoms with van der Waals surface area (Å²) >= 11 is 5.54. The Kier molecular flexibility index (Phi) is 5.91. The van der Waals surface area contributed by atoms with Gasteiger partial charge in [-0.3, -0.25) is 0 Å². The van der Waals surface area contributed by atoms with Crippen LogP contribution >= 0.6 is 11.6 Å². The van der Waals surface area contributed by atoms with E-state index in [4.69, 9.17) is 11.6 Å². The monoisotopic (exact) mass is 387 g/mol. The lowest BCUT2D eigenvalue weighted by atomic mass is 10.2. The number of amides is 2. The normalized spacial score (nSPS) is 11.2. The molecule has 2 N–H and O–H groups in total. The number of hydrogen-bond acceptors (Lipinski definition) is 4. The fourth-order valence-electron chi connectivity index (χ4n) is 2.08. The van der Waals surface area contributed by atoms with Gasteiger partial charge in [-0.05, 0) is 25.1 Å². The van der Waals surface area contributed by atoms with E-state index in [0.717, 1.165) is 17.8 Å². The summed E-state index contributed by atoms with van der Waals surface area (Å²) in [6.07, 6.45) is -4.61. The van der Waals surface area contributed by atoms with Crippen LogP contribution in [0.1, 0.15) is 17.1 Å². The van der Waals surface area contributed by atoms with E-state index in [9.17, 15) is 18.0 Å². The Hall–Kier alpha value is -2.55. The van der Waals surface area contributed by atoms with Crippen LogP contribution in [0.5, 0.6) is 0 Å². The molecular weight excluding hydrogens is 371 g/mol. The third-order valence-electron chi connectivity index (χ3n) is 3.28. The second kappa shape index (κ2) is 7.77. The Balaban J connectivity index is 2.04. The zero-order chi connectivity index (χ0) is 19.5. The molecule has 0 radical (unpaired) electrons. The van der Waals surface area contributed by atoms with Crippen molar-refractivity contribution in [2.24, 2.45) is 0 Å². The summed E-state index contributed by atoms with van der Waals surface area (Å²) in [5.74, 6) is 1.07. The molecule has 0 bridgehead atoms. The number of aromatic nitrogens is 2. The van der Waals surface area contributed by atoms with Gasteiger partial charge >= 0.3 is 12.2 Å². The van der Waals surface area contributed by atoms with Gasteiger partial charge in [0.1, 0.15) is 11.6 Å². The number of nitrogens with one attached hydrogen (secondary N) is 2. The van der Waals surface area contributed by atoms with E-state index in [1.54, 1.807) is 17.9 Å². The number of benzene rings is 1. The third-order valence-corrected chi connectivity index (χ3v) is 3.61. The summed E-state index contributed by atoms with van der Waals surface area (Å²) in [5, 5.41) is 4.40. The third kappa shape index (κ3) is 5.22. The predicted molar refractivity (Wildman–Crippen MR) is 93.4 cm³/mol. The van der Waals surface area contributed by atoms with Gasteiger partial charge in [0.15, 0.2) is 0 Å². The molecule has 1 aromatic heterocycles. The minimum Gasteiger partial charge on any atom is -0.363 e. The molecule has 1 heterocycles. The number of halogens is 4. The molecule has 2 rings (SSSR count). The van der Waals surface area contributed by atoms with Gasteiger partial charge in [0.25, 0.3) is 0 Å². The molecule has 0 aliphatic rings. The predicted octanol–water partition coefficient (Wildman–Crippen LogP) is 3.84. The van der Waals surface area contributed by atoms with Crippen molar-refractivity contribution >= 4 is 29.1 Å².